The molecular formula is C11H12FN5. The van der Waals surface area contributed by atoms with Gasteiger partial charge in [0.25, 0.3) is 0 Å². The number of hydrogen-bond donors (Lipinski definition) is 1. The molecule has 1 saturated carbocycles. The fourth-order valence-electron chi connectivity index (χ4n) is 1.96. The van der Waals surface area contributed by atoms with E-state index in [2.05, 4.69) is 22.4 Å². The summed E-state index contributed by atoms with van der Waals surface area (Å²) in [6.45, 7) is 2.13. The van der Waals surface area contributed by atoms with Crippen molar-refractivity contribution in [1.29, 1.82) is 0 Å². The second-order valence-electron chi connectivity index (χ2n) is 4.46. The van der Waals surface area contributed by atoms with Crippen molar-refractivity contribution in [3.8, 4) is 11.4 Å². The molecule has 3 rings (SSSR count). The average molecular weight is 233 g/mol. The first-order chi connectivity index (χ1) is 8.16. The standard InChI is InChI=1S/C11H12FN5/c1-6-4-10(6)17-11(14-15-16-17)8-5-7(12)2-3-9(8)13/h2-3,5-6,10H,4,13H2,1H3. The summed E-state index contributed by atoms with van der Waals surface area (Å²) in [6.07, 6.45) is 1.05. The summed E-state index contributed by atoms with van der Waals surface area (Å²) in [6, 6.07) is 4.53. The van der Waals surface area contributed by atoms with E-state index < -0.39 is 0 Å². The van der Waals surface area contributed by atoms with Crippen molar-refractivity contribution in [3.05, 3.63) is 24.0 Å². The number of nitrogens with zero attached hydrogens (tertiary/aromatic N) is 4. The van der Waals surface area contributed by atoms with Crippen LogP contribution in [0.1, 0.15) is 19.4 Å². The molecule has 2 aromatic rings. The van der Waals surface area contributed by atoms with Gasteiger partial charge in [0.2, 0.25) is 0 Å². The van der Waals surface area contributed by atoms with Gasteiger partial charge in [-0.25, -0.2) is 9.07 Å². The molecule has 1 fully saturated rings. The Kier molecular flexibility index (Phi) is 2.10. The number of nitrogens with two attached hydrogens (primary N) is 1. The number of benzene rings is 1. The van der Waals surface area contributed by atoms with Crippen molar-refractivity contribution in [2.75, 3.05) is 5.73 Å². The van der Waals surface area contributed by atoms with Gasteiger partial charge in [-0.2, -0.15) is 0 Å². The van der Waals surface area contributed by atoms with E-state index >= 15 is 0 Å². The Morgan fingerprint density at radius 3 is 2.94 bits per heavy atom. The lowest BCUT2D eigenvalue weighted by atomic mass is 10.1. The molecule has 2 unspecified atom stereocenters. The zero-order valence-electron chi connectivity index (χ0n) is 9.34. The second-order valence-corrected chi connectivity index (χ2v) is 4.46. The van der Waals surface area contributed by atoms with Crippen LogP contribution in [0, 0.1) is 11.7 Å². The highest BCUT2D eigenvalue weighted by Crippen LogP contribution is 2.44. The Morgan fingerprint density at radius 1 is 1.47 bits per heavy atom. The van der Waals surface area contributed by atoms with Crippen LogP contribution in [0.4, 0.5) is 10.1 Å². The third kappa shape index (κ3) is 1.65. The van der Waals surface area contributed by atoms with E-state index in [0.717, 1.165) is 6.42 Å². The molecule has 0 aliphatic heterocycles. The van der Waals surface area contributed by atoms with Crippen molar-refractivity contribution in [1.82, 2.24) is 20.2 Å². The van der Waals surface area contributed by atoms with Crippen LogP contribution in [0.25, 0.3) is 11.4 Å². The fraction of sp³-hybridized carbons (Fsp3) is 0.364. The van der Waals surface area contributed by atoms with Gasteiger partial charge in [0.15, 0.2) is 5.82 Å². The van der Waals surface area contributed by atoms with Gasteiger partial charge in [0.05, 0.1) is 6.04 Å². The van der Waals surface area contributed by atoms with Gasteiger partial charge >= 0.3 is 0 Å². The number of tetrazole rings is 1. The lowest BCUT2D eigenvalue weighted by molar-refractivity contribution is 0.584. The first-order valence-corrected chi connectivity index (χ1v) is 5.50. The summed E-state index contributed by atoms with van der Waals surface area (Å²) >= 11 is 0. The Balaban J connectivity index is 2.09. The number of nitrogen functional groups attached to an aromatic ring is 1. The number of hydrogen-bond acceptors (Lipinski definition) is 4. The minimum absolute atomic E-state index is 0.308. The van der Waals surface area contributed by atoms with Crippen molar-refractivity contribution < 1.29 is 4.39 Å². The Bertz CT molecular complexity index is 565. The summed E-state index contributed by atoms with van der Waals surface area (Å²) in [5, 5.41) is 11.5. The number of aromatic nitrogens is 4. The van der Waals surface area contributed by atoms with Gasteiger partial charge in [-0.05, 0) is 41.0 Å². The molecule has 0 radical (unpaired) electrons. The topological polar surface area (TPSA) is 69.6 Å². The van der Waals surface area contributed by atoms with Crippen molar-refractivity contribution in [2.45, 2.75) is 19.4 Å². The Labute approximate surface area is 97.4 Å². The molecule has 1 aromatic heterocycles. The first-order valence-electron chi connectivity index (χ1n) is 5.50. The van der Waals surface area contributed by atoms with Gasteiger partial charge < -0.3 is 5.73 Å². The van der Waals surface area contributed by atoms with E-state index in [1.54, 1.807) is 4.68 Å². The summed E-state index contributed by atoms with van der Waals surface area (Å²) in [5.41, 5.74) is 6.86. The Morgan fingerprint density at radius 2 is 2.24 bits per heavy atom. The lowest BCUT2D eigenvalue weighted by Gasteiger charge is -2.06. The lowest BCUT2D eigenvalue weighted by Crippen LogP contribution is -2.03. The van der Waals surface area contributed by atoms with Gasteiger partial charge in [0.1, 0.15) is 5.82 Å². The fourth-order valence-corrected chi connectivity index (χ4v) is 1.96. The normalized spacial score (nSPS) is 22.7. The van der Waals surface area contributed by atoms with Crippen LogP contribution in [0.5, 0.6) is 0 Å². The van der Waals surface area contributed by atoms with E-state index in [4.69, 9.17) is 5.73 Å². The summed E-state index contributed by atoms with van der Waals surface area (Å²) in [7, 11) is 0. The Hall–Kier alpha value is -1.98. The van der Waals surface area contributed by atoms with Gasteiger partial charge in [-0.3, -0.25) is 0 Å². The molecule has 1 aliphatic carbocycles. The quantitative estimate of drug-likeness (QED) is 0.800. The molecule has 0 amide bonds. The summed E-state index contributed by atoms with van der Waals surface area (Å²) in [4.78, 5) is 0. The molecular weight excluding hydrogens is 221 g/mol. The largest absolute Gasteiger partial charge is 0.398 e. The van der Waals surface area contributed by atoms with E-state index in [9.17, 15) is 4.39 Å². The van der Waals surface area contributed by atoms with Crippen molar-refractivity contribution in [2.24, 2.45) is 5.92 Å². The molecule has 0 spiro atoms. The zero-order valence-corrected chi connectivity index (χ0v) is 9.34. The van der Waals surface area contributed by atoms with E-state index in [0.29, 0.717) is 29.0 Å². The molecule has 2 atom stereocenters. The van der Waals surface area contributed by atoms with Crippen LogP contribution < -0.4 is 5.73 Å². The number of anilines is 1. The second kappa shape index (κ2) is 3.51. The maximum absolute atomic E-state index is 13.2. The minimum Gasteiger partial charge on any atom is -0.398 e. The molecule has 1 aromatic carbocycles. The van der Waals surface area contributed by atoms with Crippen LogP contribution in [-0.2, 0) is 0 Å². The number of halogens is 1. The van der Waals surface area contributed by atoms with E-state index in [-0.39, 0.29) is 5.82 Å². The zero-order chi connectivity index (χ0) is 12.0. The van der Waals surface area contributed by atoms with Crippen LogP contribution in [0.15, 0.2) is 18.2 Å². The third-order valence-corrected chi connectivity index (χ3v) is 3.13. The molecule has 6 heteroatoms. The van der Waals surface area contributed by atoms with Crippen LogP contribution in [0.2, 0.25) is 0 Å². The molecule has 88 valence electrons. The smallest absolute Gasteiger partial charge is 0.184 e. The first kappa shape index (κ1) is 10.2. The monoisotopic (exact) mass is 233 g/mol. The van der Waals surface area contributed by atoms with Gasteiger partial charge in [0, 0.05) is 11.3 Å². The van der Waals surface area contributed by atoms with E-state index in [1.807, 2.05) is 0 Å². The SMILES string of the molecule is CC1CC1n1nnnc1-c1cc(F)ccc1N. The van der Waals surface area contributed by atoms with Gasteiger partial charge in [-0.15, -0.1) is 5.10 Å². The predicted molar refractivity (Wildman–Crippen MR) is 60.4 cm³/mol. The molecule has 0 bridgehead atoms. The predicted octanol–water partition coefficient (Wildman–Crippen LogP) is 1.64. The van der Waals surface area contributed by atoms with Crippen LogP contribution in [-0.4, -0.2) is 20.2 Å². The molecule has 1 heterocycles. The molecule has 2 N–H and O–H groups in total. The highest BCUT2D eigenvalue weighted by atomic mass is 19.1. The van der Waals surface area contributed by atoms with E-state index in [1.165, 1.54) is 18.2 Å². The van der Waals surface area contributed by atoms with Crippen molar-refractivity contribution >= 4 is 5.69 Å². The molecule has 0 saturated heterocycles. The summed E-state index contributed by atoms with van der Waals surface area (Å²) in [5.74, 6) is 0.760. The highest BCUT2D eigenvalue weighted by Gasteiger charge is 2.37. The van der Waals surface area contributed by atoms with Crippen molar-refractivity contribution in [3.63, 3.8) is 0 Å². The maximum Gasteiger partial charge on any atom is 0.184 e. The molecule has 17 heavy (non-hydrogen) atoms. The van der Waals surface area contributed by atoms with Gasteiger partial charge in [-0.1, -0.05) is 6.92 Å². The highest BCUT2D eigenvalue weighted by molar-refractivity contribution is 5.71. The molecule has 1 aliphatic rings. The molecule has 5 nitrogen and oxygen atoms in total. The average Bonchev–Trinajstić information content (AvgIpc) is 2.85. The minimum atomic E-state index is -0.340. The maximum atomic E-state index is 13.2. The third-order valence-electron chi connectivity index (χ3n) is 3.13. The van der Waals surface area contributed by atoms with Crippen LogP contribution >= 0.6 is 0 Å². The van der Waals surface area contributed by atoms with Crippen LogP contribution in [0.3, 0.4) is 0 Å². The summed E-state index contributed by atoms with van der Waals surface area (Å²) < 4.78 is 15.0. The number of rotatable bonds is 2.